The fourth-order valence-corrected chi connectivity index (χ4v) is 6.65. The van der Waals surface area contributed by atoms with Gasteiger partial charge in [0.1, 0.15) is 5.54 Å². The molecule has 0 spiro atoms. The molecule has 1 aliphatic rings. The highest BCUT2D eigenvalue weighted by Crippen LogP contribution is 2.42. The van der Waals surface area contributed by atoms with Crippen molar-refractivity contribution in [3.63, 3.8) is 0 Å². The molecule has 0 amide bonds. The van der Waals surface area contributed by atoms with Crippen molar-refractivity contribution >= 4 is 22.9 Å². The number of rotatable bonds is 5. The highest BCUT2D eigenvalue weighted by Gasteiger charge is 2.39. The van der Waals surface area contributed by atoms with Crippen molar-refractivity contribution in [2.24, 2.45) is 0 Å². The van der Waals surface area contributed by atoms with Gasteiger partial charge in [0.15, 0.2) is 0 Å². The zero-order chi connectivity index (χ0) is 28.0. The topological polar surface area (TPSA) is 39.8 Å². The van der Waals surface area contributed by atoms with Crippen LogP contribution in [-0.4, -0.2) is 20.0 Å². The highest BCUT2D eigenvalue weighted by molar-refractivity contribution is 6.07. The van der Waals surface area contributed by atoms with Crippen LogP contribution < -0.4 is 0 Å². The zero-order valence-electron chi connectivity index (χ0n) is 23.3. The Morgan fingerprint density at radius 2 is 1.24 bits per heavy atom. The lowest BCUT2D eigenvalue weighted by Gasteiger charge is -2.38. The summed E-state index contributed by atoms with van der Waals surface area (Å²) in [5.41, 5.74) is 8.69. The number of carbonyl (C=O) groups is 1. The van der Waals surface area contributed by atoms with E-state index in [-0.39, 0.29) is 5.91 Å². The molecule has 0 radical (unpaired) electrons. The van der Waals surface area contributed by atoms with Crippen LogP contribution in [0.3, 0.4) is 0 Å². The number of fused-ring (bicyclic) bond motifs is 3. The summed E-state index contributed by atoms with van der Waals surface area (Å²) in [6, 6.07) is 40.0. The summed E-state index contributed by atoms with van der Waals surface area (Å²) < 4.78 is 4.18. The number of hydrogen-bond acceptors (Lipinski definition) is 2. The summed E-state index contributed by atoms with van der Waals surface area (Å²) in [6.07, 6.45) is 5.47. The lowest BCUT2D eigenvalue weighted by atomic mass is 9.76. The van der Waals surface area contributed by atoms with Gasteiger partial charge in [-0.2, -0.15) is 0 Å². The number of aromatic nitrogens is 3. The molecule has 0 saturated carbocycles. The average Bonchev–Trinajstić information content (AvgIpc) is 3.54. The molecule has 4 aromatic carbocycles. The Morgan fingerprint density at radius 3 is 1.83 bits per heavy atom. The lowest BCUT2D eigenvalue weighted by Crippen LogP contribution is -2.38. The second-order valence-corrected chi connectivity index (χ2v) is 10.8. The van der Waals surface area contributed by atoms with E-state index < -0.39 is 5.54 Å². The first-order chi connectivity index (χ1) is 20.1. The normalized spacial score (nSPS) is 14.5. The maximum absolute atomic E-state index is 13.9. The summed E-state index contributed by atoms with van der Waals surface area (Å²) >= 11 is 0. The molecule has 4 heteroatoms. The first-order valence-electron chi connectivity index (χ1n) is 14.2. The standard InChI is InChI=1S/C37H31N3O/c1-26-32-20-12-13-21-35(32)40-34(26)23-22-28(36(40)41)24-33-27(2)39(25-38-33)37(29-14-6-3-7-15-29,30-16-8-4-9-17-30)31-18-10-5-11-19-31/h3-21,24-25H,22-23H2,1-2H3. The molecule has 0 unspecified atom stereocenters. The summed E-state index contributed by atoms with van der Waals surface area (Å²) in [5.74, 6) is 0.0462. The third-order valence-corrected chi connectivity index (χ3v) is 8.65. The molecule has 2 aromatic heterocycles. The molecule has 0 saturated heterocycles. The van der Waals surface area contributed by atoms with E-state index in [1.54, 1.807) is 0 Å². The number of carbonyl (C=O) groups excluding carboxylic acids is 1. The minimum Gasteiger partial charge on any atom is -0.316 e. The van der Waals surface area contributed by atoms with E-state index in [1.165, 1.54) is 5.56 Å². The monoisotopic (exact) mass is 533 g/mol. The Hall–Kier alpha value is -4.96. The lowest BCUT2D eigenvalue weighted by molar-refractivity contribution is 0.0946. The van der Waals surface area contributed by atoms with E-state index in [4.69, 9.17) is 4.98 Å². The summed E-state index contributed by atoms with van der Waals surface area (Å²) in [7, 11) is 0. The first kappa shape index (κ1) is 25.0. The fourth-order valence-electron chi connectivity index (χ4n) is 6.65. The zero-order valence-corrected chi connectivity index (χ0v) is 23.3. The Labute approximate surface area is 240 Å². The number of aryl methyl sites for hydroxylation is 1. The van der Waals surface area contributed by atoms with E-state index in [2.05, 4.69) is 115 Å². The first-order valence-corrected chi connectivity index (χ1v) is 14.2. The van der Waals surface area contributed by atoms with Gasteiger partial charge in [-0.25, -0.2) is 4.98 Å². The molecular weight excluding hydrogens is 502 g/mol. The van der Waals surface area contributed by atoms with Crippen LogP contribution in [0, 0.1) is 13.8 Å². The molecule has 6 aromatic rings. The number of imidazole rings is 1. The Bertz CT molecular complexity index is 1810. The molecule has 3 heterocycles. The van der Waals surface area contributed by atoms with Gasteiger partial charge in [-0.1, -0.05) is 109 Å². The van der Waals surface area contributed by atoms with Crippen LogP contribution >= 0.6 is 0 Å². The quantitative estimate of drug-likeness (QED) is 0.167. The molecule has 7 rings (SSSR count). The molecule has 0 bridgehead atoms. The van der Waals surface area contributed by atoms with Crippen LogP contribution in [0.4, 0.5) is 0 Å². The minimum absolute atomic E-state index is 0.0462. The van der Waals surface area contributed by atoms with E-state index in [9.17, 15) is 4.79 Å². The van der Waals surface area contributed by atoms with E-state index in [0.717, 1.165) is 56.7 Å². The number of nitrogens with zero attached hydrogens (tertiary/aromatic N) is 3. The van der Waals surface area contributed by atoms with Crippen molar-refractivity contribution < 1.29 is 4.79 Å². The van der Waals surface area contributed by atoms with Crippen molar-refractivity contribution in [2.45, 2.75) is 32.2 Å². The van der Waals surface area contributed by atoms with Gasteiger partial charge in [-0.3, -0.25) is 9.36 Å². The molecule has 0 atom stereocenters. The number of para-hydroxylation sites is 1. The van der Waals surface area contributed by atoms with Gasteiger partial charge in [-0.15, -0.1) is 0 Å². The van der Waals surface area contributed by atoms with Crippen LogP contribution in [0.15, 0.2) is 127 Å². The smallest absolute Gasteiger partial charge is 0.258 e. The molecule has 0 fully saturated rings. The number of allylic oxidation sites excluding steroid dienone is 1. The average molecular weight is 534 g/mol. The van der Waals surface area contributed by atoms with E-state index in [1.807, 2.05) is 35.2 Å². The van der Waals surface area contributed by atoms with Gasteiger partial charge in [0.2, 0.25) is 0 Å². The second-order valence-electron chi connectivity index (χ2n) is 10.8. The molecular formula is C37H31N3O. The maximum atomic E-state index is 13.9. The van der Waals surface area contributed by atoms with Crippen LogP contribution in [0.5, 0.6) is 0 Å². The Kier molecular flexibility index (Phi) is 6.05. The summed E-state index contributed by atoms with van der Waals surface area (Å²) in [4.78, 5) is 18.8. The van der Waals surface area contributed by atoms with Crippen molar-refractivity contribution in [3.05, 3.63) is 166 Å². The summed E-state index contributed by atoms with van der Waals surface area (Å²) in [5, 5.41) is 1.15. The maximum Gasteiger partial charge on any atom is 0.258 e. The number of benzene rings is 4. The second kappa shape index (κ2) is 9.90. The third-order valence-electron chi connectivity index (χ3n) is 8.65. The predicted molar refractivity (Wildman–Crippen MR) is 165 cm³/mol. The molecule has 1 aliphatic heterocycles. The van der Waals surface area contributed by atoms with Crippen LogP contribution in [0.25, 0.3) is 17.0 Å². The van der Waals surface area contributed by atoms with Crippen molar-refractivity contribution in [2.75, 3.05) is 0 Å². The van der Waals surface area contributed by atoms with Gasteiger partial charge in [0.25, 0.3) is 5.91 Å². The van der Waals surface area contributed by atoms with Crippen molar-refractivity contribution in [1.82, 2.24) is 14.1 Å². The Morgan fingerprint density at radius 1 is 0.707 bits per heavy atom. The van der Waals surface area contributed by atoms with Gasteiger partial charge in [0, 0.05) is 22.3 Å². The van der Waals surface area contributed by atoms with Gasteiger partial charge in [-0.05, 0) is 61.1 Å². The largest absolute Gasteiger partial charge is 0.316 e. The molecule has 200 valence electrons. The fraction of sp³-hybridized carbons (Fsp3) is 0.135. The van der Waals surface area contributed by atoms with Gasteiger partial charge >= 0.3 is 0 Å². The van der Waals surface area contributed by atoms with Crippen LogP contribution in [0.2, 0.25) is 0 Å². The van der Waals surface area contributed by atoms with Gasteiger partial charge in [0.05, 0.1) is 17.5 Å². The molecule has 41 heavy (non-hydrogen) atoms. The SMILES string of the molecule is Cc1c2n(c3ccccc13)C(=O)C(=Cc1ncn(C(c3ccccc3)(c3ccccc3)c3ccccc3)c1C)CC2. The number of hydrogen-bond donors (Lipinski definition) is 0. The third kappa shape index (κ3) is 3.82. The van der Waals surface area contributed by atoms with Crippen molar-refractivity contribution in [3.8, 4) is 0 Å². The predicted octanol–water partition coefficient (Wildman–Crippen LogP) is 7.96. The van der Waals surface area contributed by atoms with E-state index >= 15 is 0 Å². The minimum atomic E-state index is -0.644. The van der Waals surface area contributed by atoms with Crippen LogP contribution in [-0.2, 0) is 12.0 Å². The Balaban J connectivity index is 1.41. The van der Waals surface area contributed by atoms with E-state index in [0.29, 0.717) is 6.42 Å². The van der Waals surface area contributed by atoms with Crippen LogP contribution in [0.1, 0.15) is 50.6 Å². The van der Waals surface area contributed by atoms with Gasteiger partial charge < -0.3 is 4.57 Å². The highest BCUT2D eigenvalue weighted by atomic mass is 16.2. The summed E-state index contributed by atoms with van der Waals surface area (Å²) in [6.45, 7) is 4.23. The van der Waals surface area contributed by atoms with Crippen molar-refractivity contribution in [1.29, 1.82) is 0 Å². The molecule has 0 N–H and O–H groups in total. The molecule has 4 nitrogen and oxygen atoms in total. The molecule has 0 aliphatic carbocycles.